The molecule has 0 aliphatic carbocycles. The molecule has 0 spiro atoms. The van der Waals surface area contributed by atoms with Gasteiger partial charge in [-0.05, 0) is 36.6 Å². The maximum absolute atomic E-state index is 12.1. The van der Waals surface area contributed by atoms with Gasteiger partial charge < -0.3 is 14.8 Å². The van der Waals surface area contributed by atoms with Crippen molar-refractivity contribution in [1.82, 2.24) is 5.32 Å². The molecule has 3 rings (SSSR count). The van der Waals surface area contributed by atoms with Gasteiger partial charge in [-0.2, -0.15) is 0 Å². The number of amidine groups is 1. The van der Waals surface area contributed by atoms with Crippen molar-refractivity contribution in [2.75, 3.05) is 20.3 Å². The maximum Gasteiger partial charge on any atom is 0.275 e. The summed E-state index contributed by atoms with van der Waals surface area (Å²) in [5.74, 6) is 1.45. The van der Waals surface area contributed by atoms with Crippen molar-refractivity contribution in [2.45, 2.75) is 12.8 Å². The van der Waals surface area contributed by atoms with Crippen LogP contribution in [-0.4, -0.2) is 32.1 Å². The fourth-order valence-corrected chi connectivity index (χ4v) is 2.85. The molecule has 6 heteroatoms. The molecule has 2 aliphatic heterocycles. The lowest BCUT2D eigenvalue weighted by Crippen LogP contribution is -2.33. The number of ether oxygens (including phenoxy) is 2. The number of hydrogen-bond acceptors (Lipinski definition) is 4. The van der Waals surface area contributed by atoms with E-state index in [1.165, 1.54) is 0 Å². The first-order valence-electron chi connectivity index (χ1n) is 7.20. The summed E-state index contributed by atoms with van der Waals surface area (Å²) in [6, 6.07) is 5.36. The summed E-state index contributed by atoms with van der Waals surface area (Å²) in [5, 5.41) is 3.36. The lowest BCUT2D eigenvalue weighted by Gasteiger charge is -2.21. The number of methoxy groups -OCH3 is 1. The Balaban J connectivity index is 1.82. The molecule has 116 valence electrons. The molecule has 2 aliphatic rings. The van der Waals surface area contributed by atoms with E-state index in [-0.39, 0.29) is 11.8 Å². The van der Waals surface area contributed by atoms with Crippen LogP contribution in [0.4, 0.5) is 0 Å². The van der Waals surface area contributed by atoms with Crippen LogP contribution in [0.3, 0.4) is 0 Å². The maximum atomic E-state index is 12.1. The van der Waals surface area contributed by atoms with Crippen LogP contribution in [0.2, 0.25) is 5.02 Å². The standard InChI is InChI=1S/C16H17ClN2O3/c1-21-14-3-2-10(8-12(14)17)9-13-16(20)19-15(18-13)11-4-6-22-7-5-11/h2-3,8-9,11H,4-7H2,1H3,(H,18,19,20)/b13-9+. The predicted molar refractivity (Wildman–Crippen MR) is 85.1 cm³/mol. The average molecular weight is 321 g/mol. The first-order valence-corrected chi connectivity index (χ1v) is 7.58. The number of carbonyl (C=O) groups excluding carboxylic acids is 1. The Morgan fingerprint density at radius 2 is 2.18 bits per heavy atom. The third-order valence-corrected chi connectivity index (χ3v) is 4.10. The van der Waals surface area contributed by atoms with Crippen molar-refractivity contribution in [3.05, 3.63) is 34.5 Å². The fraction of sp³-hybridized carbons (Fsp3) is 0.375. The monoisotopic (exact) mass is 320 g/mol. The van der Waals surface area contributed by atoms with Crippen molar-refractivity contribution in [2.24, 2.45) is 10.9 Å². The quantitative estimate of drug-likeness (QED) is 0.871. The molecule has 22 heavy (non-hydrogen) atoms. The Morgan fingerprint density at radius 3 is 2.86 bits per heavy atom. The van der Waals surface area contributed by atoms with Crippen LogP contribution in [0, 0.1) is 5.92 Å². The molecule has 1 N–H and O–H groups in total. The van der Waals surface area contributed by atoms with E-state index < -0.39 is 0 Å². The van der Waals surface area contributed by atoms with Crippen molar-refractivity contribution in [3.63, 3.8) is 0 Å². The molecule has 1 aromatic rings. The van der Waals surface area contributed by atoms with Gasteiger partial charge in [0.25, 0.3) is 5.91 Å². The summed E-state index contributed by atoms with van der Waals surface area (Å²) in [6.07, 6.45) is 3.51. The van der Waals surface area contributed by atoms with Gasteiger partial charge >= 0.3 is 0 Å². The number of benzene rings is 1. The third-order valence-electron chi connectivity index (χ3n) is 3.80. The SMILES string of the molecule is COc1ccc(/C=C2/N=C(C3CCOCC3)NC2=O)cc1Cl. The topological polar surface area (TPSA) is 59.9 Å². The number of rotatable bonds is 3. The van der Waals surface area contributed by atoms with Crippen LogP contribution in [0.5, 0.6) is 5.75 Å². The Bertz CT molecular complexity index is 649. The van der Waals surface area contributed by atoms with Crippen LogP contribution in [0.25, 0.3) is 6.08 Å². The summed E-state index contributed by atoms with van der Waals surface area (Å²) in [4.78, 5) is 16.5. The van der Waals surface area contributed by atoms with Gasteiger partial charge in [-0.15, -0.1) is 0 Å². The minimum Gasteiger partial charge on any atom is -0.495 e. The largest absolute Gasteiger partial charge is 0.495 e. The molecule has 1 amide bonds. The van der Waals surface area contributed by atoms with E-state index in [2.05, 4.69) is 10.3 Å². The number of nitrogens with zero attached hydrogens (tertiary/aromatic N) is 1. The van der Waals surface area contributed by atoms with E-state index in [1.807, 2.05) is 6.07 Å². The summed E-state index contributed by atoms with van der Waals surface area (Å²) in [6.45, 7) is 1.43. The summed E-state index contributed by atoms with van der Waals surface area (Å²) < 4.78 is 10.5. The highest BCUT2D eigenvalue weighted by molar-refractivity contribution is 6.32. The van der Waals surface area contributed by atoms with Crippen LogP contribution >= 0.6 is 11.6 Å². The molecule has 0 bridgehead atoms. The molecular weight excluding hydrogens is 304 g/mol. The fourth-order valence-electron chi connectivity index (χ4n) is 2.58. The predicted octanol–water partition coefficient (Wildman–Crippen LogP) is 2.64. The zero-order valence-corrected chi connectivity index (χ0v) is 13.0. The van der Waals surface area contributed by atoms with Crippen molar-refractivity contribution in [3.8, 4) is 5.75 Å². The smallest absolute Gasteiger partial charge is 0.275 e. The highest BCUT2D eigenvalue weighted by atomic mass is 35.5. The third kappa shape index (κ3) is 3.15. The number of nitrogens with one attached hydrogen (secondary N) is 1. The van der Waals surface area contributed by atoms with Gasteiger partial charge in [0, 0.05) is 19.1 Å². The number of halogens is 1. The molecule has 0 unspecified atom stereocenters. The summed E-state index contributed by atoms with van der Waals surface area (Å²) in [7, 11) is 1.56. The van der Waals surface area contributed by atoms with Gasteiger partial charge in [0.15, 0.2) is 0 Å². The van der Waals surface area contributed by atoms with E-state index in [0.717, 1.165) is 24.2 Å². The summed E-state index contributed by atoms with van der Waals surface area (Å²) >= 11 is 6.10. The molecule has 0 aromatic heterocycles. The van der Waals surface area contributed by atoms with Crippen molar-refractivity contribution < 1.29 is 14.3 Å². The zero-order chi connectivity index (χ0) is 15.5. The van der Waals surface area contributed by atoms with Gasteiger partial charge in [-0.1, -0.05) is 17.7 Å². The van der Waals surface area contributed by atoms with E-state index in [0.29, 0.717) is 29.7 Å². The van der Waals surface area contributed by atoms with Gasteiger partial charge in [0.2, 0.25) is 0 Å². The van der Waals surface area contributed by atoms with E-state index in [4.69, 9.17) is 21.1 Å². The second-order valence-corrected chi connectivity index (χ2v) is 5.67. The Labute approximate surface area is 134 Å². The van der Waals surface area contributed by atoms with Gasteiger partial charge in [-0.25, -0.2) is 4.99 Å². The lowest BCUT2D eigenvalue weighted by molar-refractivity contribution is -0.115. The van der Waals surface area contributed by atoms with E-state index >= 15 is 0 Å². The van der Waals surface area contributed by atoms with Crippen LogP contribution in [0.1, 0.15) is 18.4 Å². The second-order valence-electron chi connectivity index (χ2n) is 5.26. The number of amides is 1. The highest BCUT2D eigenvalue weighted by Gasteiger charge is 2.27. The number of hydrogen-bond donors (Lipinski definition) is 1. The van der Waals surface area contributed by atoms with Crippen LogP contribution in [0.15, 0.2) is 28.9 Å². The van der Waals surface area contributed by atoms with Crippen molar-refractivity contribution in [1.29, 1.82) is 0 Å². The average Bonchev–Trinajstić information content (AvgIpc) is 2.89. The molecule has 5 nitrogen and oxygen atoms in total. The molecule has 2 heterocycles. The molecule has 1 aromatic carbocycles. The highest BCUT2D eigenvalue weighted by Crippen LogP contribution is 2.27. The normalized spacial score (nSPS) is 20.9. The Kier molecular flexibility index (Phi) is 4.45. The molecule has 0 saturated carbocycles. The molecule has 1 fully saturated rings. The zero-order valence-electron chi connectivity index (χ0n) is 12.3. The number of aliphatic imine (C=N–C) groups is 1. The second kappa shape index (κ2) is 6.50. The minimum absolute atomic E-state index is 0.173. The van der Waals surface area contributed by atoms with Gasteiger partial charge in [-0.3, -0.25) is 4.79 Å². The van der Waals surface area contributed by atoms with Crippen LogP contribution < -0.4 is 10.1 Å². The molecule has 0 atom stereocenters. The van der Waals surface area contributed by atoms with Gasteiger partial charge in [0.05, 0.1) is 12.1 Å². The first-order chi connectivity index (χ1) is 10.7. The Hall–Kier alpha value is -1.85. The lowest BCUT2D eigenvalue weighted by atomic mass is 9.99. The minimum atomic E-state index is -0.173. The van der Waals surface area contributed by atoms with Gasteiger partial charge in [0.1, 0.15) is 17.3 Å². The Morgan fingerprint density at radius 1 is 1.41 bits per heavy atom. The molecule has 1 saturated heterocycles. The summed E-state index contributed by atoms with van der Waals surface area (Å²) in [5.41, 5.74) is 1.22. The first kappa shape index (κ1) is 15.1. The van der Waals surface area contributed by atoms with Crippen molar-refractivity contribution >= 4 is 29.4 Å². The molecule has 0 radical (unpaired) electrons. The molecular formula is C16H17ClN2O3. The van der Waals surface area contributed by atoms with E-state index in [1.54, 1.807) is 25.3 Å². The number of carbonyl (C=O) groups is 1. The van der Waals surface area contributed by atoms with E-state index in [9.17, 15) is 4.79 Å². The van der Waals surface area contributed by atoms with Crippen LogP contribution in [-0.2, 0) is 9.53 Å².